The number of Topliss-reactive ketones (excluding diaryl/α,β-unsaturated/α-hetero) is 1. The highest BCUT2D eigenvalue weighted by Crippen LogP contribution is 2.28. The fourth-order valence-corrected chi connectivity index (χ4v) is 2.35. The predicted molar refractivity (Wildman–Crippen MR) is 75.3 cm³/mol. The van der Waals surface area contributed by atoms with Gasteiger partial charge in [-0.2, -0.15) is 0 Å². The molecule has 2 rings (SSSR count). The zero-order valence-electron chi connectivity index (χ0n) is 11.7. The number of methoxy groups -OCH3 is 2. The average Bonchev–Trinajstić information content (AvgIpc) is 2.49. The van der Waals surface area contributed by atoms with Gasteiger partial charge < -0.3 is 9.47 Å². The molecule has 1 atom stereocenters. The summed E-state index contributed by atoms with van der Waals surface area (Å²) in [5, 5.41) is 0. The third-order valence-corrected chi connectivity index (χ3v) is 3.54. The van der Waals surface area contributed by atoms with Gasteiger partial charge in [-0.3, -0.25) is 9.59 Å². The van der Waals surface area contributed by atoms with Gasteiger partial charge in [0.1, 0.15) is 5.75 Å². The number of carbonyl (C=O) groups is 2. The minimum absolute atomic E-state index is 0.0301. The van der Waals surface area contributed by atoms with Crippen LogP contribution in [0.4, 0.5) is 0 Å². The first kappa shape index (κ1) is 14.3. The minimum atomic E-state index is -0.291. The van der Waals surface area contributed by atoms with Gasteiger partial charge in [0, 0.05) is 6.42 Å². The molecular formula is C16H18O4. The largest absolute Gasteiger partial charge is 0.497 e. The number of ether oxygens (including phenoxy) is 2. The molecule has 0 amide bonds. The summed E-state index contributed by atoms with van der Waals surface area (Å²) in [6.07, 6.45) is 3.41. The van der Waals surface area contributed by atoms with Crippen molar-refractivity contribution in [1.29, 1.82) is 0 Å². The summed E-state index contributed by atoms with van der Waals surface area (Å²) in [7, 11) is 2.97. The lowest BCUT2D eigenvalue weighted by Gasteiger charge is -2.20. The van der Waals surface area contributed by atoms with Gasteiger partial charge in [0.2, 0.25) is 0 Å². The number of benzene rings is 1. The quantitative estimate of drug-likeness (QED) is 0.628. The van der Waals surface area contributed by atoms with Crippen LogP contribution in [0.3, 0.4) is 0 Å². The Bertz CT molecular complexity index is 528. The molecule has 1 aliphatic carbocycles. The van der Waals surface area contributed by atoms with E-state index in [0.29, 0.717) is 12.8 Å². The maximum atomic E-state index is 12.1. The maximum Gasteiger partial charge on any atom is 0.309 e. The van der Waals surface area contributed by atoms with E-state index < -0.39 is 0 Å². The molecule has 0 N–H and O–H groups in total. The van der Waals surface area contributed by atoms with Gasteiger partial charge in [-0.05, 0) is 42.2 Å². The molecule has 0 bridgehead atoms. The number of esters is 1. The molecule has 106 valence electrons. The fraction of sp³-hybridized carbons (Fsp3) is 0.375. The standard InChI is InChI=1S/C16H18O4/c1-19-14-7-3-11(4-8-14)9-12-5-6-13(10-15(12)17)16(18)20-2/h3-4,7-9,13H,5-6,10H2,1-2H3/b12-9+. The number of ketones is 1. The number of hydrogen-bond donors (Lipinski definition) is 0. The van der Waals surface area contributed by atoms with E-state index in [1.165, 1.54) is 7.11 Å². The van der Waals surface area contributed by atoms with E-state index in [0.717, 1.165) is 16.9 Å². The molecule has 1 aromatic rings. The first-order chi connectivity index (χ1) is 9.63. The van der Waals surface area contributed by atoms with Gasteiger partial charge in [0.05, 0.1) is 20.1 Å². The lowest BCUT2D eigenvalue weighted by atomic mass is 9.84. The van der Waals surface area contributed by atoms with Crippen molar-refractivity contribution in [2.75, 3.05) is 14.2 Å². The zero-order valence-corrected chi connectivity index (χ0v) is 11.7. The molecule has 4 heteroatoms. The molecule has 1 fully saturated rings. The Morgan fingerprint density at radius 3 is 2.50 bits per heavy atom. The molecule has 0 heterocycles. The lowest BCUT2D eigenvalue weighted by Crippen LogP contribution is -2.25. The van der Waals surface area contributed by atoms with Crippen LogP contribution in [0, 0.1) is 5.92 Å². The zero-order chi connectivity index (χ0) is 14.5. The Morgan fingerprint density at radius 1 is 1.25 bits per heavy atom. The van der Waals surface area contributed by atoms with Crippen LogP contribution in [0.25, 0.3) is 6.08 Å². The van der Waals surface area contributed by atoms with Crippen molar-refractivity contribution in [1.82, 2.24) is 0 Å². The van der Waals surface area contributed by atoms with Crippen LogP contribution in [0.2, 0.25) is 0 Å². The summed E-state index contributed by atoms with van der Waals surface area (Å²) in [5.41, 5.74) is 1.74. The number of hydrogen-bond acceptors (Lipinski definition) is 4. The molecule has 1 saturated carbocycles. The van der Waals surface area contributed by atoms with Crippen LogP contribution in [-0.4, -0.2) is 26.0 Å². The highest BCUT2D eigenvalue weighted by atomic mass is 16.5. The highest BCUT2D eigenvalue weighted by Gasteiger charge is 2.29. The van der Waals surface area contributed by atoms with Crippen molar-refractivity contribution in [3.63, 3.8) is 0 Å². The molecule has 4 nitrogen and oxygen atoms in total. The summed E-state index contributed by atoms with van der Waals surface area (Å²) in [5.74, 6) is 0.234. The van der Waals surface area contributed by atoms with Crippen LogP contribution < -0.4 is 4.74 Å². The van der Waals surface area contributed by atoms with Crippen molar-refractivity contribution >= 4 is 17.8 Å². The molecule has 0 radical (unpaired) electrons. The van der Waals surface area contributed by atoms with Gasteiger partial charge in [0.25, 0.3) is 0 Å². The van der Waals surface area contributed by atoms with Gasteiger partial charge in [-0.1, -0.05) is 12.1 Å². The third-order valence-electron chi connectivity index (χ3n) is 3.54. The second-order valence-electron chi connectivity index (χ2n) is 4.83. The SMILES string of the molecule is COC(=O)C1CC/C(=C\c2ccc(OC)cc2)C(=O)C1. The Hall–Kier alpha value is -2.10. The predicted octanol–water partition coefficient (Wildman–Crippen LogP) is 2.62. The number of allylic oxidation sites excluding steroid dienone is 1. The summed E-state index contributed by atoms with van der Waals surface area (Å²) in [4.78, 5) is 23.5. The molecule has 0 saturated heterocycles. The van der Waals surface area contributed by atoms with Crippen LogP contribution >= 0.6 is 0 Å². The van der Waals surface area contributed by atoms with Crippen LogP contribution in [0.15, 0.2) is 29.8 Å². The Kier molecular flexibility index (Phi) is 4.56. The van der Waals surface area contributed by atoms with E-state index >= 15 is 0 Å². The first-order valence-corrected chi connectivity index (χ1v) is 6.59. The molecule has 1 aromatic carbocycles. The van der Waals surface area contributed by atoms with Gasteiger partial charge in [0.15, 0.2) is 5.78 Å². The van der Waals surface area contributed by atoms with Gasteiger partial charge in [-0.15, -0.1) is 0 Å². The molecule has 0 aliphatic heterocycles. The maximum absolute atomic E-state index is 12.1. The van der Waals surface area contributed by atoms with Crippen LogP contribution in [-0.2, 0) is 14.3 Å². The molecular weight excluding hydrogens is 256 g/mol. The first-order valence-electron chi connectivity index (χ1n) is 6.59. The molecule has 1 aliphatic rings. The van der Waals surface area contributed by atoms with Crippen LogP contribution in [0.5, 0.6) is 5.75 Å². The number of rotatable bonds is 3. The van der Waals surface area contributed by atoms with E-state index in [1.807, 2.05) is 30.3 Å². The van der Waals surface area contributed by atoms with E-state index in [1.54, 1.807) is 7.11 Å². The normalized spacial score (nSPS) is 20.8. The average molecular weight is 274 g/mol. The minimum Gasteiger partial charge on any atom is -0.497 e. The summed E-state index contributed by atoms with van der Waals surface area (Å²) < 4.78 is 9.79. The van der Waals surface area contributed by atoms with Crippen molar-refractivity contribution in [3.8, 4) is 5.75 Å². The molecule has 0 spiro atoms. The highest BCUT2D eigenvalue weighted by molar-refractivity contribution is 6.02. The van der Waals surface area contributed by atoms with Gasteiger partial charge in [-0.25, -0.2) is 0 Å². The fourth-order valence-electron chi connectivity index (χ4n) is 2.35. The van der Waals surface area contributed by atoms with Crippen molar-refractivity contribution in [2.24, 2.45) is 5.92 Å². The molecule has 1 unspecified atom stereocenters. The Balaban J connectivity index is 2.08. The van der Waals surface area contributed by atoms with Crippen molar-refractivity contribution in [2.45, 2.75) is 19.3 Å². The molecule has 0 aromatic heterocycles. The summed E-state index contributed by atoms with van der Waals surface area (Å²) in [6.45, 7) is 0. The van der Waals surface area contributed by atoms with E-state index in [-0.39, 0.29) is 24.1 Å². The van der Waals surface area contributed by atoms with E-state index in [9.17, 15) is 9.59 Å². The second-order valence-corrected chi connectivity index (χ2v) is 4.83. The van der Waals surface area contributed by atoms with E-state index in [2.05, 4.69) is 0 Å². The molecule has 20 heavy (non-hydrogen) atoms. The Morgan fingerprint density at radius 2 is 1.95 bits per heavy atom. The topological polar surface area (TPSA) is 52.6 Å². The summed E-state index contributed by atoms with van der Waals surface area (Å²) in [6, 6.07) is 7.53. The Labute approximate surface area is 118 Å². The van der Waals surface area contributed by atoms with Crippen LogP contribution in [0.1, 0.15) is 24.8 Å². The van der Waals surface area contributed by atoms with Gasteiger partial charge >= 0.3 is 5.97 Å². The van der Waals surface area contributed by atoms with Crippen molar-refractivity contribution in [3.05, 3.63) is 35.4 Å². The third kappa shape index (κ3) is 3.26. The smallest absolute Gasteiger partial charge is 0.309 e. The van der Waals surface area contributed by atoms with E-state index in [4.69, 9.17) is 9.47 Å². The number of carbonyl (C=O) groups excluding carboxylic acids is 2. The second kappa shape index (κ2) is 6.37. The van der Waals surface area contributed by atoms with Crippen molar-refractivity contribution < 1.29 is 19.1 Å². The summed E-state index contributed by atoms with van der Waals surface area (Å²) >= 11 is 0. The monoisotopic (exact) mass is 274 g/mol. The lowest BCUT2D eigenvalue weighted by molar-refractivity contribution is -0.147.